The number of hydrogen-bond donors (Lipinski definition) is 0. The van der Waals surface area contributed by atoms with Crippen LogP contribution in [0.3, 0.4) is 0 Å². The summed E-state index contributed by atoms with van der Waals surface area (Å²) in [4.78, 5) is 11.4. The quantitative estimate of drug-likeness (QED) is 0.564. The first-order valence-corrected chi connectivity index (χ1v) is 4.64. The number of ketones is 1. The summed E-state index contributed by atoms with van der Waals surface area (Å²) < 4.78 is 0. The van der Waals surface area contributed by atoms with Gasteiger partial charge in [0.2, 0.25) is 0 Å². The van der Waals surface area contributed by atoms with E-state index in [9.17, 15) is 4.79 Å². The largest absolute Gasteiger partial charge is 0.299 e. The molecule has 0 N–H and O–H groups in total. The van der Waals surface area contributed by atoms with Crippen molar-refractivity contribution in [1.82, 2.24) is 0 Å². The van der Waals surface area contributed by atoms with Gasteiger partial charge in [0.25, 0.3) is 0 Å². The van der Waals surface area contributed by atoms with Crippen LogP contribution in [0.2, 0.25) is 0 Å². The molecule has 2 saturated carbocycles. The van der Waals surface area contributed by atoms with Crippen LogP contribution in [0, 0.1) is 17.3 Å². The standard InChI is InChI=1S/C10H16O/c1-7(11)10(2)6-8-3-4-9(10)5-8/h8-9H,3-6H2,1-2H3/t8-,9+,10-/m1/s1. The molecule has 2 fully saturated rings. The van der Waals surface area contributed by atoms with Crippen LogP contribution in [0.5, 0.6) is 0 Å². The molecular formula is C10H16O. The monoisotopic (exact) mass is 152 g/mol. The summed E-state index contributed by atoms with van der Waals surface area (Å²) in [5, 5.41) is 0. The Kier molecular flexibility index (Phi) is 1.39. The number of Topliss-reactive ketones (excluding diaryl/α,β-unsaturated/α-hetero) is 1. The van der Waals surface area contributed by atoms with Crippen LogP contribution in [-0.2, 0) is 4.79 Å². The van der Waals surface area contributed by atoms with Gasteiger partial charge in [-0.3, -0.25) is 4.79 Å². The minimum Gasteiger partial charge on any atom is -0.299 e. The Morgan fingerprint density at radius 3 is 2.45 bits per heavy atom. The van der Waals surface area contributed by atoms with E-state index in [0.717, 1.165) is 11.8 Å². The minimum atomic E-state index is 0.0723. The summed E-state index contributed by atoms with van der Waals surface area (Å²) in [5.74, 6) is 2.03. The van der Waals surface area contributed by atoms with Crippen molar-refractivity contribution in [3.8, 4) is 0 Å². The molecule has 3 atom stereocenters. The van der Waals surface area contributed by atoms with Crippen molar-refractivity contribution < 1.29 is 4.79 Å². The Morgan fingerprint density at radius 1 is 1.45 bits per heavy atom. The van der Waals surface area contributed by atoms with Gasteiger partial charge in [-0.25, -0.2) is 0 Å². The minimum absolute atomic E-state index is 0.0723. The summed E-state index contributed by atoms with van der Waals surface area (Å²) in [5.41, 5.74) is 0.0723. The molecular weight excluding hydrogens is 136 g/mol. The van der Waals surface area contributed by atoms with Gasteiger partial charge in [0, 0.05) is 5.41 Å². The maximum absolute atomic E-state index is 11.4. The smallest absolute Gasteiger partial charge is 0.135 e. The van der Waals surface area contributed by atoms with Crippen molar-refractivity contribution in [1.29, 1.82) is 0 Å². The Morgan fingerprint density at radius 2 is 2.18 bits per heavy atom. The van der Waals surface area contributed by atoms with E-state index in [2.05, 4.69) is 6.92 Å². The Labute approximate surface area is 68.2 Å². The molecule has 0 spiro atoms. The molecule has 2 bridgehead atoms. The number of carbonyl (C=O) groups excluding carboxylic acids is 1. The molecule has 0 heterocycles. The second-order valence-electron chi connectivity index (χ2n) is 4.55. The normalized spacial score (nSPS) is 48.2. The average Bonchev–Trinajstić information content (AvgIpc) is 2.45. The lowest BCUT2D eigenvalue weighted by molar-refractivity contribution is -0.128. The zero-order valence-electron chi connectivity index (χ0n) is 7.39. The average molecular weight is 152 g/mol. The van der Waals surface area contributed by atoms with Gasteiger partial charge in [-0.1, -0.05) is 13.3 Å². The molecule has 2 rings (SSSR count). The molecule has 0 radical (unpaired) electrons. The molecule has 0 aromatic rings. The Bertz CT molecular complexity index is 197. The van der Waals surface area contributed by atoms with Crippen molar-refractivity contribution in [2.45, 2.75) is 39.5 Å². The highest BCUT2D eigenvalue weighted by molar-refractivity contribution is 5.82. The van der Waals surface area contributed by atoms with E-state index in [1.54, 1.807) is 6.92 Å². The fourth-order valence-electron chi connectivity index (χ4n) is 3.04. The van der Waals surface area contributed by atoms with E-state index in [-0.39, 0.29) is 5.41 Å². The lowest BCUT2D eigenvalue weighted by Crippen LogP contribution is -2.31. The molecule has 0 aromatic carbocycles. The first-order valence-electron chi connectivity index (χ1n) is 4.64. The summed E-state index contributed by atoms with van der Waals surface area (Å²) in [6.45, 7) is 3.93. The topological polar surface area (TPSA) is 17.1 Å². The number of fused-ring (bicyclic) bond motifs is 2. The summed E-state index contributed by atoms with van der Waals surface area (Å²) >= 11 is 0. The summed E-state index contributed by atoms with van der Waals surface area (Å²) in [6, 6.07) is 0. The van der Waals surface area contributed by atoms with Crippen molar-refractivity contribution in [2.75, 3.05) is 0 Å². The first kappa shape index (κ1) is 7.33. The lowest BCUT2D eigenvalue weighted by Gasteiger charge is -2.30. The highest BCUT2D eigenvalue weighted by atomic mass is 16.1. The molecule has 62 valence electrons. The maximum atomic E-state index is 11.4. The second kappa shape index (κ2) is 2.09. The second-order valence-corrected chi connectivity index (χ2v) is 4.55. The predicted octanol–water partition coefficient (Wildman–Crippen LogP) is 2.40. The molecule has 1 heteroatoms. The number of hydrogen-bond acceptors (Lipinski definition) is 1. The number of rotatable bonds is 1. The Hall–Kier alpha value is -0.330. The zero-order chi connectivity index (χ0) is 8.06. The van der Waals surface area contributed by atoms with E-state index in [1.807, 2.05) is 0 Å². The molecule has 0 aliphatic heterocycles. The van der Waals surface area contributed by atoms with Gasteiger partial charge in [0.15, 0.2) is 0 Å². The highest BCUT2D eigenvalue weighted by Gasteiger charge is 2.50. The van der Waals surface area contributed by atoms with Gasteiger partial charge in [0.1, 0.15) is 5.78 Å². The summed E-state index contributed by atoms with van der Waals surface area (Å²) in [6.07, 6.45) is 5.19. The van der Waals surface area contributed by atoms with Crippen LogP contribution < -0.4 is 0 Å². The molecule has 2 aliphatic rings. The fourth-order valence-corrected chi connectivity index (χ4v) is 3.04. The SMILES string of the molecule is CC(=O)[C@@]1(C)C[C@@H]2CC[C@H]1C2. The zero-order valence-corrected chi connectivity index (χ0v) is 7.39. The van der Waals surface area contributed by atoms with Gasteiger partial charge in [-0.05, 0) is 38.0 Å². The molecule has 2 aliphatic carbocycles. The van der Waals surface area contributed by atoms with Gasteiger partial charge >= 0.3 is 0 Å². The predicted molar refractivity (Wildman–Crippen MR) is 44.2 cm³/mol. The van der Waals surface area contributed by atoms with Crippen molar-refractivity contribution in [3.63, 3.8) is 0 Å². The Balaban J connectivity index is 2.23. The van der Waals surface area contributed by atoms with Crippen LogP contribution in [-0.4, -0.2) is 5.78 Å². The van der Waals surface area contributed by atoms with E-state index < -0.39 is 0 Å². The molecule has 1 nitrogen and oxygen atoms in total. The van der Waals surface area contributed by atoms with E-state index in [0.29, 0.717) is 5.78 Å². The van der Waals surface area contributed by atoms with Crippen LogP contribution in [0.1, 0.15) is 39.5 Å². The van der Waals surface area contributed by atoms with Crippen LogP contribution in [0.15, 0.2) is 0 Å². The third-order valence-electron chi connectivity index (χ3n) is 3.96. The van der Waals surface area contributed by atoms with Crippen LogP contribution in [0.25, 0.3) is 0 Å². The van der Waals surface area contributed by atoms with E-state index in [1.165, 1.54) is 25.7 Å². The van der Waals surface area contributed by atoms with Gasteiger partial charge < -0.3 is 0 Å². The van der Waals surface area contributed by atoms with E-state index >= 15 is 0 Å². The third kappa shape index (κ3) is 0.863. The molecule has 0 amide bonds. The lowest BCUT2D eigenvalue weighted by atomic mass is 9.72. The van der Waals surface area contributed by atoms with Crippen LogP contribution in [0.4, 0.5) is 0 Å². The van der Waals surface area contributed by atoms with Crippen molar-refractivity contribution in [2.24, 2.45) is 17.3 Å². The highest BCUT2D eigenvalue weighted by Crippen LogP contribution is 2.55. The van der Waals surface area contributed by atoms with Gasteiger partial charge in [-0.2, -0.15) is 0 Å². The first-order chi connectivity index (χ1) is 5.13. The van der Waals surface area contributed by atoms with Crippen LogP contribution >= 0.6 is 0 Å². The number of carbonyl (C=O) groups is 1. The van der Waals surface area contributed by atoms with Crippen molar-refractivity contribution >= 4 is 5.78 Å². The van der Waals surface area contributed by atoms with Gasteiger partial charge in [0.05, 0.1) is 0 Å². The van der Waals surface area contributed by atoms with E-state index in [4.69, 9.17) is 0 Å². The summed E-state index contributed by atoms with van der Waals surface area (Å²) in [7, 11) is 0. The maximum Gasteiger partial charge on any atom is 0.135 e. The molecule has 0 aromatic heterocycles. The molecule has 0 unspecified atom stereocenters. The van der Waals surface area contributed by atoms with Gasteiger partial charge in [-0.15, -0.1) is 0 Å². The molecule has 0 saturated heterocycles. The molecule has 11 heavy (non-hydrogen) atoms. The third-order valence-corrected chi connectivity index (χ3v) is 3.96. The van der Waals surface area contributed by atoms with Crippen molar-refractivity contribution in [3.05, 3.63) is 0 Å². The fraction of sp³-hybridized carbons (Fsp3) is 0.900.